The van der Waals surface area contributed by atoms with Gasteiger partial charge >= 0.3 is 0 Å². The second-order valence-electron chi connectivity index (χ2n) is 4.71. The topological polar surface area (TPSA) is 38.9 Å². The monoisotopic (exact) mass is 224 g/mol. The van der Waals surface area contributed by atoms with Crippen molar-refractivity contribution < 1.29 is 0 Å². The number of hydrogen-bond donors (Lipinski definition) is 1. The second-order valence-corrected chi connectivity index (χ2v) is 5.76. The summed E-state index contributed by atoms with van der Waals surface area (Å²) in [6.07, 6.45) is 7.76. The molecule has 3 heteroatoms. The molecule has 1 unspecified atom stereocenters. The van der Waals surface area contributed by atoms with Gasteiger partial charge in [0.2, 0.25) is 0 Å². The van der Waals surface area contributed by atoms with Crippen LogP contribution in [0.2, 0.25) is 0 Å². The molecule has 0 amide bonds. The average Bonchev–Trinajstić information content (AvgIpc) is 2.79. The molecular weight excluding hydrogens is 204 g/mol. The van der Waals surface area contributed by atoms with E-state index in [0.717, 1.165) is 12.3 Å². The molecule has 0 aliphatic heterocycles. The summed E-state index contributed by atoms with van der Waals surface area (Å²) in [5.41, 5.74) is 9.32. The molecule has 0 radical (unpaired) electrons. The fourth-order valence-electron chi connectivity index (χ4n) is 2.53. The first kappa shape index (κ1) is 11.1. The quantitative estimate of drug-likeness (QED) is 0.854. The van der Waals surface area contributed by atoms with Crippen molar-refractivity contribution in [3.63, 3.8) is 0 Å². The van der Waals surface area contributed by atoms with Gasteiger partial charge in [0, 0.05) is 17.3 Å². The van der Waals surface area contributed by atoms with Crippen molar-refractivity contribution in [2.45, 2.75) is 51.5 Å². The minimum atomic E-state index is 0.314. The first-order valence-electron chi connectivity index (χ1n) is 5.90. The number of hydrogen-bond acceptors (Lipinski definition) is 3. The van der Waals surface area contributed by atoms with Crippen molar-refractivity contribution in [2.24, 2.45) is 11.7 Å². The number of nitrogens with two attached hydrogens (primary N) is 1. The molecule has 1 aliphatic carbocycles. The molecule has 1 atom stereocenters. The van der Waals surface area contributed by atoms with Crippen LogP contribution in [0.25, 0.3) is 0 Å². The molecule has 84 valence electrons. The van der Waals surface area contributed by atoms with Crippen LogP contribution in [-0.4, -0.2) is 11.0 Å². The van der Waals surface area contributed by atoms with Gasteiger partial charge in [0.05, 0.1) is 11.2 Å². The van der Waals surface area contributed by atoms with Crippen LogP contribution in [0, 0.1) is 12.8 Å². The number of nitrogens with zero attached hydrogens (tertiary/aromatic N) is 1. The molecule has 1 aromatic heterocycles. The highest BCUT2D eigenvalue weighted by Gasteiger charge is 2.19. The minimum absolute atomic E-state index is 0.314. The largest absolute Gasteiger partial charge is 0.327 e. The molecule has 1 aromatic rings. The van der Waals surface area contributed by atoms with E-state index in [1.54, 1.807) is 11.3 Å². The molecule has 1 saturated carbocycles. The molecule has 1 aliphatic rings. The molecular formula is C12H20N2S. The van der Waals surface area contributed by atoms with Crippen LogP contribution in [0.5, 0.6) is 0 Å². The highest BCUT2D eigenvalue weighted by molar-refractivity contribution is 7.09. The summed E-state index contributed by atoms with van der Waals surface area (Å²) in [6.45, 7) is 2.13. The summed E-state index contributed by atoms with van der Waals surface area (Å²) in [6, 6.07) is 0.314. The van der Waals surface area contributed by atoms with Crippen molar-refractivity contribution in [2.75, 3.05) is 0 Å². The van der Waals surface area contributed by atoms with Crippen molar-refractivity contribution in [3.8, 4) is 0 Å². The molecule has 2 nitrogen and oxygen atoms in total. The lowest BCUT2D eigenvalue weighted by molar-refractivity contribution is 0.439. The Hall–Kier alpha value is -0.410. The molecule has 1 fully saturated rings. The Bertz CT molecular complexity index is 302. The Morgan fingerprint density at radius 2 is 2.27 bits per heavy atom. The Balaban J connectivity index is 1.81. The van der Waals surface area contributed by atoms with Crippen LogP contribution in [0.4, 0.5) is 0 Å². The minimum Gasteiger partial charge on any atom is -0.327 e. The fourth-order valence-corrected chi connectivity index (χ4v) is 3.14. The van der Waals surface area contributed by atoms with Crippen molar-refractivity contribution in [1.29, 1.82) is 0 Å². The van der Waals surface area contributed by atoms with Crippen molar-refractivity contribution in [1.82, 2.24) is 4.98 Å². The number of aryl methyl sites for hydroxylation is 1. The van der Waals surface area contributed by atoms with Gasteiger partial charge in [-0.25, -0.2) is 4.98 Å². The highest BCUT2D eigenvalue weighted by atomic mass is 32.1. The lowest BCUT2D eigenvalue weighted by Crippen LogP contribution is -2.25. The number of thiazole rings is 1. The normalized spacial score (nSPS) is 19.6. The summed E-state index contributed by atoms with van der Waals surface area (Å²) in [4.78, 5) is 5.70. The van der Waals surface area contributed by atoms with Crippen molar-refractivity contribution >= 4 is 11.3 Å². The second kappa shape index (κ2) is 5.08. The van der Waals surface area contributed by atoms with Crippen LogP contribution in [0.1, 0.15) is 42.7 Å². The maximum absolute atomic E-state index is 6.18. The zero-order valence-corrected chi connectivity index (χ0v) is 10.2. The standard InChI is InChI=1S/C12H20N2S/c1-9-12(14-8-15-9)7-11(13)6-10-4-2-3-5-10/h8,10-11H,2-7,13H2,1H3. The Kier molecular flexibility index (Phi) is 3.76. The third-order valence-corrected chi connectivity index (χ3v) is 4.21. The molecule has 15 heavy (non-hydrogen) atoms. The number of rotatable bonds is 4. The number of aromatic nitrogens is 1. The summed E-state index contributed by atoms with van der Waals surface area (Å²) in [5, 5.41) is 0. The molecule has 0 saturated heterocycles. The van der Waals surface area contributed by atoms with Gasteiger partial charge in [0.1, 0.15) is 0 Å². The van der Waals surface area contributed by atoms with E-state index >= 15 is 0 Å². The van der Waals surface area contributed by atoms with Gasteiger partial charge in [-0.1, -0.05) is 25.7 Å². The van der Waals surface area contributed by atoms with E-state index in [2.05, 4.69) is 11.9 Å². The highest BCUT2D eigenvalue weighted by Crippen LogP contribution is 2.29. The molecule has 0 aromatic carbocycles. The zero-order valence-electron chi connectivity index (χ0n) is 9.41. The molecule has 2 rings (SSSR count). The first-order chi connectivity index (χ1) is 7.25. The van der Waals surface area contributed by atoms with Gasteiger partial charge in [-0.2, -0.15) is 0 Å². The fraction of sp³-hybridized carbons (Fsp3) is 0.750. The maximum atomic E-state index is 6.18. The molecule has 2 N–H and O–H groups in total. The summed E-state index contributed by atoms with van der Waals surface area (Å²) in [5.74, 6) is 0.888. The average molecular weight is 224 g/mol. The molecule has 0 bridgehead atoms. The van der Waals surface area contributed by atoms with Crippen LogP contribution in [0.3, 0.4) is 0 Å². The van der Waals surface area contributed by atoms with E-state index in [1.807, 2.05) is 5.51 Å². The van der Waals surface area contributed by atoms with E-state index in [9.17, 15) is 0 Å². The van der Waals surface area contributed by atoms with Crippen LogP contribution >= 0.6 is 11.3 Å². The van der Waals surface area contributed by atoms with E-state index in [-0.39, 0.29) is 0 Å². The Morgan fingerprint density at radius 1 is 1.53 bits per heavy atom. The molecule has 0 spiro atoms. The lowest BCUT2D eigenvalue weighted by atomic mass is 9.96. The molecule has 1 heterocycles. The van der Waals surface area contributed by atoms with Gasteiger partial charge in [-0.3, -0.25) is 0 Å². The van der Waals surface area contributed by atoms with Gasteiger partial charge in [0.15, 0.2) is 0 Å². The van der Waals surface area contributed by atoms with Gasteiger partial charge < -0.3 is 5.73 Å². The third-order valence-electron chi connectivity index (χ3n) is 3.41. The van der Waals surface area contributed by atoms with Gasteiger partial charge in [0.25, 0.3) is 0 Å². The predicted molar refractivity (Wildman–Crippen MR) is 65.1 cm³/mol. The van der Waals surface area contributed by atoms with Crippen LogP contribution < -0.4 is 5.73 Å². The van der Waals surface area contributed by atoms with E-state index in [1.165, 1.54) is 42.7 Å². The maximum Gasteiger partial charge on any atom is 0.0797 e. The Morgan fingerprint density at radius 3 is 2.87 bits per heavy atom. The Labute approximate surface area is 95.9 Å². The van der Waals surface area contributed by atoms with Gasteiger partial charge in [-0.05, 0) is 19.3 Å². The van der Waals surface area contributed by atoms with E-state index in [0.29, 0.717) is 6.04 Å². The van der Waals surface area contributed by atoms with E-state index in [4.69, 9.17) is 5.73 Å². The predicted octanol–water partition coefficient (Wildman–Crippen LogP) is 2.90. The smallest absolute Gasteiger partial charge is 0.0797 e. The SMILES string of the molecule is Cc1scnc1CC(N)CC1CCCC1. The third kappa shape index (κ3) is 3.02. The van der Waals surface area contributed by atoms with Crippen LogP contribution in [-0.2, 0) is 6.42 Å². The summed E-state index contributed by atoms with van der Waals surface area (Å²) >= 11 is 1.72. The zero-order chi connectivity index (χ0) is 10.7. The first-order valence-corrected chi connectivity index (χ1v) is 6.78. The van der Waals surface area contributed by atoms with E-state index < -0.39 is 0 Å². The summed E-state index contributed by atoms with van der Waals surface area (Å²) < 4.78 is 0. The summed E-state index contributed by atoms with van der Waals surface area (Å²) in [7, 11) is 0. The van der Waals surface area contributed by atoms with Crippen LogP contribution in [0.15, 0.2) is 5.51 Å². The van der Waals surface area contributed by atoms with Gasteiger partial charge in [-0.15, -0.1) is 11.3 Å². The lowest BCUT2D eigenvalue weighted by Gasteiger charge is -2.15. The van der Waals surface area contributed by atoms with Crippen molar-refractivity contribution in [3.05, 3.63) is 16.1 Å².